The molecule has 0 saturated heterocycles. The van der Waals surface area contributed by atoms with Crippen molar-refractivity contribution >= 4 is 17.3 Å². The first-order chi connectivity index (χ1) is 10.2. The minimum absolute atomic E-state index is 0.167. The molecule has 2 N–H and O–H groups in total. The molecule has 3 heteroatoms. The minimum Gasteiger partial charge on any atom is -0.383 e. The Morgan fingerprint density at radius 2 is 1.81 bits per heavy atom. The van der Waals surface area contributed by atoms with E-state index in [1.54, 1.807) is 0 Å². The molecule has 21 heavy (non-hydrogen) atoms. The molecule has 3 nitrogen and oxygen atoms in total. The normalized spacial score (nSPS) is 15.5. The van der Waals surface area contributed by atoms with E-state index in [1.807, 2.05) is 24.3 Å². The van der Waals surface area contributed by atoms with Crippen molar-refractivity contribution in [3.8, 4) is 0 Å². The Labute approximate surface area is 128 Å². The molecule has 1 fully saturated rings. The first kappa shape index (κ1) is 15.9. The van der Waals surface area contributed by atoms with Gasteiger partial charge in [-0.15, -0.1) is 0 Å². The van der Waals surface area contributed by atoms with Gasteiger partial charge in [0, 0.05) is 23.3 Å². The number of carbonyl (C=O) groups excluding carboxylic acids is 1. The fourth-order valence-corrected chi connectivity index (χ4v) is 2.47. The second-order valence-corrected chi connectivity index (χ2v) is 6.24. The molecule has 1 unspecified atom stereocenters. The molecule has 1 aromatic rings. The molecular weight excluding hydrogens is 260 g/mol. The predicted octanol–water partition coefficient (Wildman–Crippen LogP) is 4.81. The Bertz CT molecular complexity index is 437. The smallest absolute Gasteiger partial charge is 0.227 e. The van der Waals surface area contributed by atoms with Crippen molar-refractivity contribution in [2.45, 2.75) is 64.8 Å². The number of hydrogen-bond donors (Lipinski definition) is 2. The summed E-state index contributed by atoms with van der Waals surface area (Å²) < 4.78 is 0. The second-order valence-electron chi connectivity index (χ2n) is 6.24. The average Bonchev–Trinajstić information content (AvgIpc) is 3.30. The van der Waals surface area contributed by atoms with Crippen LogP contribution in [0.1, 0.15) is 58.8 Å². The van der Waals surface area contributed by atoms with E-state index in [-0.39, 0.29) is 11.8 Å². The van der Waals surface area contributed by atoms with Gasteiger partial charge in [0.05, 0.1) is 0 Å². The third-order valence-electron chi connectivity index (χ3n) is 4.00. The summed E-state index contributed by atoms with van der Waals surface area (Å²) in [6, 6.07) is 8.54. The lowest BCUT2D eigenvalue weighted by molar-refractivity contribution is -0.117. The Balaban J connectivity index is 1.72. The van der Waals surface area contributed by atoms with Gasteiger partial charge in [0.2, 0.25) is 5.91 Å². The van der Waals surface area contributed by atoms with Crippen molar-refractivity contribution in [3.63, 3.8) is 0 Å². The third-order valence-corrected chi connectivity index (χ3v) is 4.00. The molecule has 1 aliphatic carbocycles. The van der Waals surface area contributed by atoms with E-state index in [2.05, 4.69) is 24.5 Å². The first-order valence-corrected chi connectivity index (χ1v) is 8.36. The average molecular weight is 288 g/mol. The van der Waals surface area contributed by atoms with Crippen LogP contribution in [0.5, 0.6) is 0 Å². The zero-order valence-electron chi connectivity index (χ0n) is 13.3. The number of hydrogen-bond acceptors (Lipinski definition) is 2. The molecule has 116 valence electrons. The number of anilines is 2. The van der Waals surface area contributed by atoms with Crippen LogP contribution in [0.25, 0.3) is 0 Å². The molecule has 0 radical (unpaired) electrons. The summed E-state index contributed by atoms with van der Waals surface area (Å²) in [6.07, 6.45) is 8.53. The summed E-state index contributed by atoms with van der Waals surface area (Å²) in [5.41, 5.74) is 2.02. The van der Waals surface area contributed by atoms with Crippen molar-refractivity contribution in [1.82, 2.24) is 0 Å². The highest BCUT2D eigenvalue weighted by molar-refractivity contribution is 5.94. The van der Waals surface area contributed by atoms with Crippen LogP contribution in [0.2, 0.25) is 0 Å². The molecule has 1 aromatic carbocycles. The molecule has 0 aliphatic heterocycles. The Morgan fingerprint density at radius 1 is 1.14 bits per heavy atom. The van der Waals surface area contributed by atoms with Gasteiger partial charge in [0.15, 0.2) is 0 Å². The van der Waals surface area contributed by atoms with E-state index in [0.29, 0.717) is 6.04 Å². The standard InChI is InChI=1S/C18H28N2O/c1-3-4-5-6-7-14(2)19-16-10-12-17(13-11-16)20-18(21)15-8-9-15/h10-15,19H,3-9H2,1-2H3,(H,20,21). The van der Waals surface area contributed by atoms with Gasteiger partial charge < -0.3 is 10.6 Å². The largest absolute Gasteiger partial charge is 0.383 e. The molecule has 1 aliphatic rings. The second kappa shape index (κ2) is 8.06. The topological polar surface area (TPSA) is 41.1 Å². The van der Waals surface area contributed by atoms with Gasteiger partial charge in [-0.3, -0.25) is 4.79 Å². The lowest BCUT2D eigenvalue weighted by Gasteiger charge is -2.15. The van der Waals surface area contributed by atoms with Crippen molar-refractivity contribution in [2.75, 3.05) is 10.6 Å². The van der Waals surface area contributed by atoms with Crippen molar-refractivity contribution < 1.29 is 4.79 Å². The summed E-state index contributed by atoms with van der Waals surface area (Å²) in [6.45, 7) is 4.47. The first-order valence-electron chi connectivity index (χ1n) is 8.36. The van der Waals surface area contributed by atoms with Crippen LogP contribution >= 0.6 is 0 Å². The fourth-order valence-electron chi connectivity index (χ4n) is 2.47. The maximum absolute atomic E-state index is 11.7. The van der Waals surface area contributed by atoms with Gasteiger partial charge in [-0.2, -0.15) is 0 Å². The van der Waals surface area contributed by atoms with E-state index >= 15 is 0 Å². The zero-order chi connectivity index (χ0) is 15.1. The molecule has 1 atom stereocenters. The summed E-state index contributed by atoms with van der Waals surface area (Å²) in [7, 11) is 0. The monoisotopic (exact) mass is 288 g/mol. The molecule has 0 bridgehead atoms. The van der Waals surface area contributed by atoms with Crippen molar-refractivity contribution in [1.29, 1.82) is 0 Å². The van der Waals surface area contributed by atoms with Crippen LogP contribution in [-0.4, -0.2) is 11.9 Å². The van der Waals surface area contributed by atoms with Crippen molar-refractivity contribution in [3.05, 3.63) is 24.3 Å². The number of unbranched alkanes of at least 4 members (excludes halogenated alkanes) is 3. The Morgan fingerprint density at radius 3 is 2.43 bits per heavy atom. The van der Waals surface area contributed by atoms with Crippen LogP contribution < -0.4 is 10.6 Å². The zero-order valence-corrected chi connectivity index (χ0v) is 13.3. The quantitative estimate of drug-likeness (QED) is 0.640. The van der Waals surface area contributed by atoms with E-state index in [4.69, 9.17) is 0 Å². The molecule has 2 rings (SSSR count). The van der Waals surface area contributed by atoms with E-state index < -0.39 is 0 Å². The number of benzene rings is 1. The van der Waals surface area contributed by atoms with E-state index in [0.717, 1.165) is 24.2 Å². The highest BCUT2D eigenvalue weighted by Crippen LogP contribution is 2.30. The van der Waals surface area contributed by atoms with Gasteiger partial charge in [-0.25, -0.2) is 0 Å². The van der Waals surface area contributed by atoms with E-state index in [1.165, 1.54) is 32.1 Å². The summed E-state index contributed by atoms with van der Waals surface area (Å²) in [4.78, 5) is 11.7. The van der Waals surface area contributed by atoms with Crippen LogP contribution in [0, 0.1) is 5.92 Å². The predicted molar refractivity (Wildman–Crippen MR) is 89.6 cm³/mol. The maximum Gasteiger partial charge on any atom is 0.227 e. The SMILES string of the molecule is CCCCCCC(C)Nc1ccc(NC(=O)C2CC2)cc1. The molecule has 1 amide bonds. The Kier molecular flexibility index (Phi) is 6.09. The van der Waals surface area contributed by atoms with Crippen LogP contribution in [0.15, 0.2) is 24.3 Å². The highest BCUT2D eigenvalue weighted by atomic mass is 16.2. The lowest BCUT2D eigenvalue weighted by atomic mass is 10.1. The Hall–Kier alpha value is -1.51. The van der Waals surface area contributed by atoms with Crippen LogP contribution in [0.4, 0.5) is 11.4 Å². The third kappa shape index (κ3) is 5.78. The van der Waals surface area contributed by atoms with E-state index in [9.17, 15) is 4.79 Å². The number of nitrogens with one attached hydrogen (secondary N) is 2. The summed E-state index contributed by atoms with van der Waals surface area (Å²) in [5.74, 6) is 0.422. The van der Waals surface area contributed by atoms with Gasteiger partial charge >= 0.3 is 0 Å². The van der Waals surface area contributed by atoms with Gasteiger partial charge in [0.25, 0.3) is 0 Å². The molecule has 0 spiro atoms. The molecule has 1 saturated carbocycles. The van der Waals surface area contributed by atoms with Gasteiger partial charge in [-0.1, -0.05) is 32.6 Å². The number of carbonyl (C=O) groups is 1. The minimum atomic E-state index is 0.167. The van der Waals surface area contributed by atoms with Gasteiger partial charge in [0.1, 0.15) is 0 Å². The lowest BCUT2D eigenvalue weighted by Crippen LogP contribution is -2.15. The number of amides is 1. The highest BCUT2D eigenvalue weighted by Gasteiger charge is 2.29. The molecule has 0 heterocycles. The summed E-state index contributed by atoms with van der Waals surface area (Å²) in [5, 5.41) is 6.49. The molecule has 0 aromatic heterocycles. The fraction of sp³-hybridized carbons (Fsp3) is 0.611. The van der Waals surface area contributed by atoms with Crippen LogP contribution in [-0.2, 0) is 4.79 Å². The van der Waals surface area contributed by atoms with Gasteiger partial charge in [-0.05, 0) is 50.5 Å². The summed E-state index contributed by atoms with van der Waals surface area (Å²) >= 11 is 0. The molecular formula is C18H28N2O. The van der Waals surface area contributed by atoms with Crippen molar-refractivity contribution in [2.24, 2.45) is 5.92 Å². The maximum atomic E-state index is 11.7. The number of rotatable bonds is 9. The van der Waals surface area contributed by atoms with Crippen LogP contribution in [0.3, 0.4) is 0 Å².